The van der Waals surface area contributed by atoms with E-state index in [0.29, 0.717) is 30.1 Å². The molecule has 0 radical (unpaired) electrons. The molecule has 0 atom stereocenters. The normalized spacial score (nSPS) is 12.4. The summed E-state index contributed by atoms with van der Waals surface area (Å²) in [6, 6.07) is 11.7. The molecule has 1 aromatic heterocycles. The number of sulfonamides is 1. The summed E-state index contributed by atoms with van der Waals surface area (Å²) in [6.45, 7) is 7.23. The molecule has 0 spiro atoms. The number of rotatable bonds is 8. The number of benzene rings is 2. The third-order valence-corrected chi connectivity index (χ3v) is 6.81. The van der Waals surface area contributed by atoms with Crippen LogP contribution in [0.2, 0.25) is 0 Å². The maximum Gasteiger partial charge on any atom is 0.338 e. The first-order valence-corrected chi connectivity index (χ1v) is 11.9. The number of aromatic nitrogens is 1. The van der Waals surface area contributed by atoms with Crippen molar-refractivity contribution in [3.05, 3.63) is 58.4 Å². The third-order valence-electron chi connectivity index (χ3n) is 4.37. The first-order valence-electron chi connectivity index (χ1n) is 9.61. The summed E-state index contributed by atoms with van der Waals surface area (Å²) in [5.41, 5.74) is 2.16. The molecule has 0 saturated carbocycles. The third kappa shape index (κ3) is 4.97. The number of hydrogen-bond donors (Lipinski definition) is 0. The van der Waals surface area contributed by atoms with Crippen molar-refractivity contribution in [1.29, 1.82) is 0 Å². The van der Waals surface area contributed by atoms with E-state index in [0.717, 1.165) is 15.8 Å². The van der Waals surface area contributed by atoms with Crippen molar-refractivity contribution in [3.63, 3.8) is 0 Å². The molecule has 0 aliphatic rings. The van der Waals surface area contributed by atoms with Gasteiger partial charge >= 0.3 is 5.97 Å². The van der Waals surface area contributed by atoms with Gasteiger partial charge in [-0.05, 0) is 51.1 Å². The van der Waals surface area contributed by atoms with E-state index in [2.05, 4.69) is 4.40 Å². The summed E-state index contributed by atoms with van der Waals surface area (Å²) in [7, 11) is -3.88. The van der Waals surface area contributed by atoms with Crippen LogP contribution >= 0.6 is 11.3 Å². The number of esters is 1. The van der Waals surface area contributed by atoms with Crippen molar-refractivity contribution in [2.45, 2.75) is 32.2 Å². The highest BCUT2D eigenvalue weighted by molar-refractivity contribution is 7.90. The molecule has 0 bridgehead atoms. The van der Waals surface area contributed by atoms with Crippen LogP contribution in [0.5, 0.6) is 0 Å². The van der Waals surface area contributed by atoms with Crippen LogP contribution in [0, 0.1) is 6.92 Å². The van der Waals surface area contributed by atoms with Gasteiger partial charge in [0, 0.05) is 13.2 Å². The molecular weight excluding hydrogens is 424 g/mol. The molecule has 30 heavy (non-hydrogen) atoms. The summed E-state index contributed by atoms with van der Waals surface area (Å²) >= 11 is 1.21. The molecule has 0 unspecified atom stereocenters. The van der Waals surface area contributed by atoms with Crippen LogP contribution < -0.4 is 4.80 Å². The number of aryl methyl sites for hydroxylation is 1. The highest BCUT2D eigenvalue weighted by Gasteiger charge is 2.16. The van der Waals surface area contributed by atoms with Crippen LogP contribution in [-0.2, 0) is 26.0 Å². The van der Waals surface area contributed by atoms with Gasteiger partial charge in [-0.25, -0.2) is 4.79 Å². The van der Waals surface area contributed by atoms with Gasteiger partial charge in [-0.3, -0.25) is 0 Å². The molecule has 1 heterocycles. The molecule has 0 aliphatic heterocycles. The topological polar surface area (TPSA) is 87.0 Å². The molecule has 0 N–H and O–H groups in total. The maximum atomic E-state index is 12.9. The van der Waals surface area contributed by atoms with E-state index in [1.54, 1.807) is 54.0 Å². The fourth-order valence-corrected chi connectivity index (χ4v) is 5.16. The SMILES string of the molecule is CCOCCn1c(=NS(=O)(=O)c2ccc(C)cc2)sc2cc(C(=O)OCC)ccc21. The second kappa shape index (κ2) is 9.55. The summed E-state index contributed by atoms with van der Waals surface area (Å²) in [6.07, 6.45) is 0. The first-order chi connectivity index (χ1) is 14.4. The van der Waals surface area contributed by atoms with Crippen LogP contribution in [0.25, 0.3) is 10.2 Å². The largest absolute Gasteiger partial charge is 0.462 e. The predicted octanol–water partition coefficient (Wildman–Crippen LogP) is 3.51. The van der Waals surface area contributed by atoms with E-state index in [1.165, 1.54) is 11.3 Å². The minimum absolute atomic E-state index is 0.133. The molecule has 0 fully saturated rings. The smallest absolute Gasteiger partial charge is 0.338 e. The molecule has 3 aromatic rings. The highest BCUT2D eigenvalue weighted by Crippen LogP contribution is 2.21. The minimum atomic E-state index is -3.88. The fraction of sp³-hybridized carbons (Fsp3) is 0.333. The second-order valence-corrected chi connectivity index (χ2v) is 9.13. The summed E-state index contributed by atoms with van der Waals surface area (Å²) < 4.78 is 42.9. The Balaban J connectivity index is 2.13. The summed E-state index contributed by atoms with van der Waals surface area (Å²) in [4.78, 5) is 12.5. The summed E-state index contributed by atoms with van der Waals surface area (Å²) in [5, 5.41) is 0. The lowest BCUT2D eigenvalue weighted by Crippen LogP contribution is -2.20. The van der Waals surface area contributed by atoms with Crippen molar-refractivity contribution in [1.82, 2.24) is 4.57 Å². The lowest BCUT2D eigenvalue weighted by molar-refractivity contribution is 0.0526. The highest BCUT2D eigenvalue weighted by atomic mass is 32.2. The van der Waals surface area contributed by atoms with E-state index in [1.807, 2.05) is 13.8 Å². The van der Waals surface area contributed by atoms with Crippen LogP contribution in [0.4, 0.5) is 0 Å². The maximum absolute atomic E-state index is 12.9. The van der Waals surface area contributed by atoms with E-state index < -0.39 is 16.0 Å². The average molecular weight is 449 g/mol. The Morgan fingerprint density at radius 1 is 1.10 bits per heavy atom. The van der Waals surface area contributed by atoms with E-state index in [-0.39, 0.29) is 11.5 Å². The predicted molar refractivity (Wildman–Crippen MR) is 116 cm³/mol. The van der Waals surface area contributed by atoms with E-state index in [9.17, 15) is 13.2 Å². The Hall–Kier alpha value is -2.49. The monoisotopic (exact) mass is 448 g/mol. The molecule has 160 valence electrons. The zero-order valence-electron chi connectivity index (χ0n) is 17.1. The lowest BCUT2D eigenvalue weighted by atomic mass is 10.2. The van der Waals surface area contributed by atoms with Gasteiger partial charge in [0.2, 0.25) is 4.80 Å². The molecule has 2 aromatic carbocycles. The number of nitrogens with zero attached hydrogens (tertiary/aromatic N) is 2. The Labute approximate surface area is 179 Å². The Morgan fingerprint density at radius 3 is 2.50 bits per heavy atom. The number of ether oxygens (including phenoxy) is 2. The van der Waals surface area contributed by atoms with Crippen molar-refractivity contribution in [2.75, 3.05) is 19.8 Å². The number of carbonyl (C=O) groups is 1. The van der Waals surface area contributed by atoms with Gasteiger partial charge in [-0.2, -0.15) is 8.42 Å². The van der Waals surface area contributed by atoms with Crippen molar-refractivity contribution < 1.29 is 22.7 Å². The minimum Gasteiger partial charge on any atom is -0.462 e. The number of carbonyl (C=O) groups excluding carboxylic acids is 1. The lowest BCUT2D eigenvalue weighted by Gasteiger charge is -2.06. The Morgan fingerprint density at radius 2 is 1.83 bits per heavy atom. The van der Waals surface area contributed by atoms with Gasteiger partial charge in [0.25, 0.3) is 10.0 Å². The fourth-order valence-electron chi connectivity index (χ4n) is 2.87. The van der Waals surface area contributed by atoms with Gasteiger partial charge in [-0.15, -0.1) is 4.40 Å². The van der Waals surface area contributed by atoms with E-state index in [4.69, 9.17) is 9.47 Å². The van der Waals surface area contributed by atoms with Gasteiger partial charge in [0.1, 0.15) is 0 Å². The molecule has 0 aliphatic carbocycles. The molecule has 7 nitrogen and oxygen atoms in total. The van der Waals surface area contributed by atoms with E-state index >= 15 is 0 Å². The van der Waals surface area contributed by atoms with Crippen LogP contribution in [-0.4, -0.2) is 38.8 Å². The molecule has 3 rings (SSSR count). The number of fused-ring (bicyclic) bond motifs is 1. The average Bonchev–Trinajstić information content (AvgIpc) is 3.04. The van der Waals surface area contributed by atoms with Crippen molar-refractivity contribution >= 4 is 37.5 Å². The Bertz CT molecular complexity index is 1210. The zero-order valence-corrected chi connectivity index (χ0v) is 18.8. The Kier molecular flexibility index (Phi) is 7.06. The number of hydrogen-bond acceptors (Lipinski definition) is 6. The first kappa shape index (κ1) is 22.2. The molecule has 9 heteroatoms. The molecule has 0 saturated heterocycles. The van der Waals surface area contributed by atoms with Crippen LogP contribution in [0.15, 0.2) is 51.8 Å². The van der Waals surface area contributed by atoms with Crippen molar-refractivity contribution in [2.24, 2.45) is 4.40 Å². The van der Waals surface area contributed by atoms with Crippen LogP contribution in [0.3, 0.4) is 0 Å². The summed E-state index contributed by atoms with van der Waals surface area (Å²) in [5.74, 6) is -0.417. The van der Waals surface area contributed by atoms with Gasteiger partial charge < -0.3 is 14.0 Å². The molecular formula is C21H24N2O5S2. The number of thiazole rings is 1. The van der Waals surface area contributed by atoms with Gasteiger partial charge in [0.15, 0.2) is 0 Å². The molecule has 0 amide bonds. The second-order valence-electron chi connectivity index (χ2n) is 6.52. The quantitative estimate of drug-likeness (QED) is 0.389. The standard InChI is InChI=1S/C21H24N2O5S2/c1-4-27-13-12-23-18-11-8-16(20(24)28-5-2)14-19(18)29-21(23)22-30(25,26)17-9-6-15(3)7-10-17/h6-11,14H,4-5,12-13H2,1-3H3. The van der Waals surface area contributed by atoms with Crippen molar-refractivity contribution in [3.8, 4) is 0 Å². The van der Waals surface area contributed by atoms with Gasteiger partial charge in [0.05, 0.1) is 33.9 Å². The zero-order chi connectivity index (χ0) is 21.7. The van der Waals surface area contributed by atoms with Gasteiger partial charge in [-0.1, -0.05) is 29.0 Å². The van der Waals surface area contributed by atoms with Crippen LogP contribution in [0.1, 0.15) is 29.8 Å².